The van der Waals surface area contributed by atoms with Crippen LogP contribution in [0.25, 0.3) is 0 Å². The maximum absolute atomic E-state index is 12.3. The monoisotopic (exact) mass is 365 g/mol. The largest absolute Gasteiger partial charge is 0.348 e. The van der Waals surface area contributed by atoms with Crippen LogP contribution in [-0.2, 0) is 6.54 Å². The van der Waals surface area contributed by atoms with Crippen LogP contribution in [0, 0.1) is 0 Å². The number of aromatic nitrogens is 1. The predicted molar refractivity (Wildman–Crippen MR) is 101 cm³/mol. The standard InChI is InChI=1S/C20H16ClN3O2/c21-17-6-8-18(9-7-17)24-20(26)16-10-15(12-22-13-16)19(25)23-11-14-4-2-1-3-5-14/h1-10,12-13H,11H2,(H,23,25)(H,24,26). The first-order chi connectivity index (χ1) is 12.6. The molecular weight excluding hydrogens is 350 g/mol. The molecule has 26 heavy (non-hydrogen) atoms. The van der Waals surface area contributed by atoms with Gasteiger partial charge >= 0.3 is 0 Å². The first-order valence-electron chi connectivity index (χ1n) is 7.96. The van der Waals surface area contributed by atoms with Crippen molar-refractivity contribution in [3.8, 4) is 0 Å². The number of carbonyl (C=O) groups is 2. The lowest BCUT2D eigenvalue weighted by atomic mass is 10.1. The second-order valence-corrected chi connectivity index (χ2v) is 6.03. The average Bonchev–Trinajstić information content (AvgIpc) is 2.69. The van der Waals surface area contributed by atoms with Crippen molar-refractivity contribution < 1.29 is 9.59 Å². The second-order valence-electron chi connectivity index (χ2n) is 5.59. The lowest BCUT2D eigenvalue weighted by Gasteiger charge is -2.08. The van der Waals surface area contributed by atoms with Crippen LogP contribution in [0.1, 0.15) is 26.3 Å². The third-order valence-corrected chi connectivity index (χ3v) is 3.91. The summed E-state index contributed by atoms with van der Waals surface area (Å²) in [6.07, 6.45) is 2.85. The summed E-state index contributed by atoms with van der Waals surface area (Å²) < 4.78 is 0. The SMILES string of the molecule is O=C(NCc1ccccc1)c1cncc(C(=O)Nc2ccc(Cl)cc2)c1. The molecule has 0 aliphatic carbocycles. The normalized spacial score (nSPS) is 10.2. The van der Waals surface area contributed by atoms with E-state index in [9.17, 15) is 9.59 Å². The third-order valence-electron chi connectivity index (χ3n) is 3.66. The Hall–Kier alpha value is -3.18. The lowest BCUT2D eigenvalue weighted by molar-refractivity contribution is 0.0950. The molecule has 5 nitrogen and oxygen atoms in total. The average molecular weight is 366 g/mol. The van der Waals surface area contributed by atoms with Gasteiger partial charge in [0.05, 0.1) is 11.1 Å². The number of carbonyl (C=O) groups excluding carboxylic acids is 2. The molecule has 0 unspecified atom stereocenters. The van der Waals surface area contributed by atoms with Gasteiger partial charge in [-0.05, 0) is 35.9 Å². The first kappa shape index (κ1) is 17.6. The molecule has 0 aliphatic rings. The van der Waals surface area contributed by atoms with Crippen molar-refractivity contribution in [1.82, 2.24) is 10.3 Å². The summed E-state index contributed by atoms with van der Waals surface area (Å²) in [6.45, 7) is 0.404. The van der Waals surface area contributed by atoms with Crippen LogP contribution in [0.4, 0.5) is 5.69 Å². The molecule has 2 aromatic carbocycles. The van der Waals surface area contributed by atoms with E-state index < -0.39 is 0 Å². The molecule has 1 aromatic heterocycles. The minimum Gasteiger partial charge on any atom is -0.348 e. The Morgan fingerprint density at radius 1 is 0.885 bits per heavy atom. The van der Waals surface area contributed by atoms with E-state index in [-0.39, 0.29) is 11.8 Å². The smallest absolute Gasteiger partial charge is 0.257 e. The highest BCUT2D eigenvalue weighted by Gasteiger charge is 2.11. The fraction of sp³-hybridized carbons (Fsp3) is 0.0500. The highest BCUT2D eigenvalue weighted by Crippen LogP contribution is 2.14. The lowest BCUT2D eigenvalue weighted by Crippen LogP contribution is -2.23. The van der Waals surface area contributed by atoms with Gasteiger partial charge < -0.3 is 10.6 Å². The van der Waals surface area contributed by atoms with Crippen molar-refractivity contribution in [3.05, 3.63) is 94.8 Å². The number of nitrogens with zero attached hydrogens (tertiary/aromatic N) is 1. The van der Waals surface area contributed by atoms with Gasteiger partial charge in [0.25, 0.3) is 11.8 Å². The summed E-state index contributed by atoms with van der Waals surface area (Å²) >= 11 is 5.83. The molecule has 130 valence electrons. The summed E-state index contributed by atoms with van der Waals surface area (Å²) in [5, 5.41) is 6.14. The van der Waals surface area contributed by atoms with Crippen molar-refractivity contribution in [2.75, 3.05) is 5.32 Å². The Kier molecular flexibility index (Phi) is 5.61. The number of benzene rings is 2. The van der Waals surface area contributed by atoms with Crippen LogP contribution in [-0.4, -0.2) is 16.8 Å². The quantitative estimate of drug-likeness (QED) is 0.720. The highest BCUT2D eigenvalue weighted by molar-refractivity contribution is 6.30. The van der Waals surface area contributed by atoms with Gasteiger partial charge in [-0.3, -0.25) is 14.6 Å². The Bertz CT molecular complexity index is 912. The van der Waals surface area contributed by atoms with Gasteiger partial charge in [0, 0.05) is 29.6 Å². The molecule has 0 fully saturated rings. The Labute approximate surface area is 156 Å². The molecular formula is C20H16ClN3O2. The fourth-order valence-corrected chi connectivity index (χ4v) is 2.43. The van der Waals surface area contributed by atoms with Crippen LogP contribution < -0.4 is 10.6 Å². The molecule has 3 rings (SSSR count). The number of anilines is 1. The second kappa shape index (κ2) is 8.27. The molecule has 0 aliphatic heterocycles. The zero-order valence-corrected chi connectivity index (χ0v) is 14.5. The molecule has 0 saturated carbocycles. The van der Waals surface area contributed by atoms with E-state index >= 15 is 0 Å². The minimum atomic E-state index is -0.350. The van der Waals surface area contributed by atoms with Gasteiger partial charge in [0.15, 0.2) is 0 Å². The van der Waals surface area contributed by atoms with E-state index in [1.54, 1.807) is 24.3 Å². The summed E-state index contributed by atoms with van der Waals surface area (Å²) in [6, 6.07) is 17.9. The molecule has 0 bridgehead atoms. The van der Waals surface area contributed by atoms with Crippen LogP contribution in [0.15, 0.2) is 73.1 Å². The number of nitrogens with one attached hydrogen (secondary N) is 2. The van der Waals surface area contributed by atoms with Crippen molar-refractivity contribution in [3.63, 3.8) is 0 Å². The molecule has 6 heteroatoms. The molecule has 1 heterocycles. The Morgan fingerprint density at radius 2 is 1.54 bits per heavy atom. The Balaban J connectivity index is 1.66. The van der Waals surface area contributed by atoms with Gasteiger partial charge in [-0.2, -0.15) is 0 Å². The third kappa shape index (κ3) is 4.68. The first-order valence-corrected chi connectivity index (χ1v) is 8.34. The van der Waals surface area contributed by atoms with Crippen LogP contribution in [0.2, 0.25) is 5.02 Å². The molecule has 0 atom stereocenters. The van der Waals surface area contributed by atoms with Crippen LogP contribution in [0.3, 0.4) is 0 Å². The van der Waals surface area contributed by atoms with Crippen LogP contribution >= 0.6 is 11.6 Å². The van der Waals surface area contributed by atoms with Crippen molar-refractivity contribution in [1.29, 1.82) is 0 Å². The van der Waals surface area contributed by atoms with E-state index in [0.29, 0.717) is 28.4 Å². The van der Waals surface area contributed by atoms with Crippen molar-refractivity contribution in [2.45, 2.75) is 6.54 Å². The number of hydrogen-bond donors (Lipinski definition) is 2. The molecule has 2 amide bonds. The minimum absolute atomic E-state index is 0.289. The van der Waals surface area contributed by atoms with E-state index in [1.165, 1.54) is 18.5 Å². The summed E-state index contributed by atoms with van der Waals surface area (Å²) in [4.78, 5) is 28.6. The highest BCUT2D eigenvalue weighted by atomic mass is 35.5. The van der Waals surface area contributed by atoms with Gasteiger partial charge in [-0.15, -0.1) is 0 Å². The van der Waals surface area contributed by atoms with Gasteiger partial charge in [-0.1, -0.05) is 41.9 Å². The van der Waals surface area contributed by atoms with Gasteiger partial charge in [0.1, 0.15) is 0 Å². The zero-order valence-electron chi connectivity index (χ0n) is 13.8. The predicted octanol–water partition coefficient (Wildman–Crippen LogP) is 3.92. The number of amides is 2. The molecule has 2 N–H and O–H groups in total. The molecule has 0 radical (unpaired) electrons. The number of hydrogen-bond acceptors (Lipinski definition) is 3. The van der Waals surface area contributed by atoms with Gasteiger partial charge in [0.2, 0.25) is 0 Å². The van der Waals surface area contributed by atoms with Gasteiger partial charge in [-0.25, -0.2) is 0 Å². The molecule has 0 saturated heterocycles. The zero-order chi connectivity index (χ0) is 18.4. The number of halogens is 1. The maximum Gasteiger partial charge on any atom is 0.257 e. The summed E-state index contributed by atoms with van der Waals surface area (Å²) in [5.74, 6) is -0.639. The number of pyridine rings is 1. The van der Waals surface area contributed by atoms with E-state index in [4.69, 9.17) is 11.6 Å². The van der Waals surface area contributed by atoms with E-state index in [2.05, 4.69) is 15.6 Å². The Morgan fingerprint density at radius 3 is 2.23 bits per heavy atom. The van der Waals surface area contributed by atoms with Crippen LogP contribution in [0.5, 0.6) is 0 Å². The summed E-state index contributed by atoms with van der Waals surface area (Å²) in [5.41, 5.74) is 2.22. The van der Waals surface area contributed by atoms with E-state index in [1.807, 2.05) is 30.3 Å². The topological polar surface area (TPSA) is 71.1 Å². The van der Waals surface area contributed by atoms with Crippen molar-refractivity contribution in [2.24, 2.45) is 0 Å². The van der Waals surface area contributed by atoms with Crippen molar-refractivity contribution >= 4 is 29.1 Å². The molecule has 0 spiro atoms. The molecule has 3 aromatic rings. The fourth-order valence-electron chi connectivity index (χ4n) is 2.31. The number of rotatable bonds is 5. The van der Waals surface area contributed by atoms with E-state index in [0.717, 1.165) is 5.56 Å². The summed E-state index contributed by atoms with van der Waals surface area (Å²) in [7, 11) is 0. The maximum atomic E-state index is 12.3.